The normalized spacial score (nSPS) is 17.0. The molecule has 0 aromatic heterocycles. The van der Waals surface area contributed by atoms with E-state index in [9.17, 15) is 4.79 Å². The Labute approximate surface area is 63.8 Å². The molecule has 1 unspecified atom stereocenters. The van der Waals surface area contributed by atoms with Gasteiger partial charge in [-0.15, -0.1) is 0 Å². The molecule has 10 heavy (non-hydrogen) atoms. The number of hydrogen-bond acceptors (Lipinski definition) is 1. The molecule has 0 spiro atoms. The quantitative estimate of drug-likeness (QED) is 0.592. The lowest BCUT2D eigenvalue weighted by Crippen LogP contribution is -2.30. The first-order valence-corrected chi connectivity index (χ1v) is 3.96. The molecule has 0 N–H and O–H groups in total. The lowest BCUT2D eigenvalue weighted by atomic mass is 9.74. The third kappa shape index (κ3) is 1.59. The molecule has 0 rings (SSSR count). The highest BCUT2D eigenvalue weighted by Crippen LogP contribution is 2.31. The van der Waals surface area contributed by atoms with Crippen molar-refractivity contribution in [3.63, 3.8) is 0 Å². The summed E-state index contributed by atoms with van der Waals surface area (Å²) >= 11 is 0. The zero-order valence-corrected chi connectivity index (χ0v) is 7.69. The Hall–Kier alpha value is -0.330. The molecule has 0 aliphatic carbocycles. The Morgan fingerprint density at radius 1 is 1.50 bits per heavy atom. The molecule has 0 aliphatic rings. The van der Waals surface area contributed by atoms with E-state index in [0.29, 0.717) is 11.7 Å². The molecule has 0 aliphatic heterocycles. The van der Waals surface area contributed by atoms with Crippen LogP contribution in [0, 0.1) is 11.3 Å². The van der Waals surface area contributed by atoms with E-state index in [1.807, 2.05) is 6.92 Å². The van der Waals surface area contributed by atoms with E-state index in [0.717, 1.165) is 6.42 Å². The summed E-state index contributed by atoms with van der Waals surface area (Å²) in [5, 5.41) is 0. The summed E-state index contributed by atoms with van der Waals surface area (Å²) in [6.45, 7) is 10.0. The molecule has 0 radical (unpaired) electrons. The zero-order valence-electron chi connectivity index (χ0n) is 7.69. The van der Waals surface area contributed by atoms with Gasteiger partial charge in [0.1, 0.15) is 5.78 Å². The van der Waals surface area contributed by atoms with Gasteiger partial charge in [0.05, 0.1) is 0 Å². The summed E-state index contributed by atoms with van der Waals surface area (Å²) in [6, 6.07) is 0. The Morgan fingerprint density at radius 3 is 1.90 bits per heavy atom. The van der Waals surface area contributed by atoms with Crippen molar-refractivity contribution in [2.75, 3.05) is 0 Å². The van der Waals surface area contributed by atoms with Crippen LogP contribution in [-0.2, 0) is 4.79 Å². The Bertz CT molecular complexity index is 127. The first kappa shape index (κ1) is 9.67. The SMILES string of the molecule is CCC(C)(C(C)=O)C(C)C. The predicted molar refractivity (Wildman–Crippen MR) is 43.9 cm³/mol. The summed E-state index contributed by atoms with van der Waals surface area (Å²) in [5.41, 5.74) is -0.0972. The largest absolute Gasteiger partial charge is 0.299 e. The van der Waals surface area contributed by atoms with Crippen molar-refractivity contribution in [3.8, 4) is 0 Å². The van der Waals surface area contributed by atoms with E-state index < -0.39 is 0 Å². The molecule has 0 aromatic carbocycles. The number of rotatable bonds is 3. The summed E-state index contributed by atoms with van der Waals surface area (Å²) < 4.78 is 0. The smallest absolute Gasteiger partial charge is 0.135 e. The highest BCUT2D eigenvalue weighted by molar-refractivity contribution is 5.82. The first-order chi connectivity index (χ1) is 4.45. The van der Waals surface area contributed by atoms with E-state index in [2.05, 4.69) is 20.8 Å². The van der Waals surface area contributed by atoms with Gasteiger partial charge < -0.3 is 0 Å². The maximum absolute atomic E-state index is 11.1. The Balaban J connectivity index is 4.38. The van der Waals surface area contributed by atoms with Crippen LogP contribution in [0.2, 0.25) is 0 Å². The monoisotopic (exact) mass is 142 g/mol. The second kappa shape index (κ2) is 3.18. The second-order valence-electron chi connectivity index (χ2n) is 3.48. The molecule has 0 saturated carbocycles. The molecule has 0 saturated heterocycles. The summed E-state index contributed by atoms with van der Waals surface area (Å²) in [7, 11) is 0. The fraction of sp³-hybridized carbons (Fsp3) is 0.889. The second-order valence-corrected chi connectivity index (χ2v) is 3.48. The lowest BCUT2D eigenvalue weighted by Gasteiger charge is -2.29. The number of ketones is 1. The molecular weight excluding hydrogens is 124 g/mol. The highest BCUT2D eigenvalue weighted by Gasteiger charge is 2.30. The Kier molecular flexibility index (Phi) is 3.07. The minimum Gasteiger partial charge on any atom is -0.299 e. The van der Waals surface area contributed by atoms with Crippen molar-refractivity contribution in [3.05, 3.63) is 0 Å². The van der Waals surface area contributed by atoms with Crippen LogP contribution >= 0.6 is 0 Å². The van der Waals surface area contributed by atoms with Crippen LogP contribution in [-0.4, -0.2) is 5.78 Å². The topological polar surface area (TPSA) is 17.1 Å². The third-order valence-electron chi connectivity index (χ3n) is 2.81. The van der Waals surface area contributed by atoms with Gasteiger partial charge in [-0.1, -0.05) is 27.7 Å². The van der Waals surface area contributed by atoms with Gasteiger partial charge in [0, 0.05) is 5.41 Å². The van der Waals surface area contributed by atoms with Crippen LogP contribution in [0.15, 0.2) is 0 Å². The van der Waals surface area contributed by atoms with Crippen molar-refractivity contribution >= 4 is 5.78 Å². The standard InChI is InChI=1S/C9H18O/c1-6-9(5,7(2)3)8(4)10/h7H,6H2,1-5H3. The van der Waals surface area contributed by atoms with Gasteiger partial charge in [0.2, 0.25) is 0 Å². The van der Waals surface area contributed by atoms with Crippen molar-refractivity contribution < 1.29 is 4.79 Å². The van der Waals surface area contributed by atoms with Gasteiger partial charge in [-0.25, -0.2) is 0 Å². The highest BCUT2D eigenvalue weighted by atomic mass is 16.1. The molecule has 60 valence electrons. The molecular formula is C9H18O. The van der Waals surface area contributed by atoms with Gasteiger partial charge in [-0.2, -0.15) is 0 Å². The number of hydrogen-bond donors (Lipinski definition) is 0. The van der Waals surface area contributed by atoms with Crippen molar-refractivity contribution in [2.45, 2.75) is 41.0 Å². The molecule has 0 fully saturated rings. The van der Waals surface area contributed by atoms with Crippen LogP contribution < -0.4 is 0 Å². The summed E-state index contributed by atoms with van der Waals surface area (Å²) in [5.74, 6) is 0.764. The van der Waals surface area contributed by atoms with E-state index in [4.69, 9.17) is 0 Å². The van der Waals surface area contributed by atoms with Crippen molar-refractivity contribution in [1.82, 2.24) is 0 Å². The number of carbonyl (C=O) groups excluding carboxylic acids is 1. The van der Waals surface area contributed by atoms with Crippen LogP contribution in [0.3, 0.4) is 0 Å². The van der Waals surface area contributed by atoms with E-state index in [1.165, 1.54) is 0 Å². The van der Waals surface area contributed by atoms with Crippen LogP contribution in [0.1, 0.15) is 41.0 Å². The molecule has 0 amide bonds. The molecule has 1 atom stereocenters. The first-order valence-electron chi connectivity index (χ1n) is 3.96. The maximum atomic E-state index is 11.1. The molecule has 0 heterocycles. The predicted octanol–water partition coefficient (Wildman–Crippen LogP) is 2.65. The van der Waals surface area contributed by atoms with Crippen LogP contribution in [0.4, 0.5) is 0 Å². The maximum Gasteiger partial charge on any atom is 0.135 e. The molecule has 0 aromatic rings. The van der Waals surface area contributed by atoms with Gasteiger partial charge in [-0.3, -0.25) is 4.79 Å². The van der Waals surface area contributed by atoms with Gasteiger partial charge >= 0.3 is 0 Å². The van der Waals surface area contributed by atoms with Crippen LogP contribution in [0.25, 0.3) is 0 Å². The fourth-order valence-electron chi connectivity index (χ4n) is 1.06. The number of carbonyl (C=O) groups is 1. The number of Topliss-reactive ketones (excluding diaryl/α,β-unsaturated/α-hetero) is 1. The van der Waals surface area contributed by atoms with Crippen molar-refractivity contribution in [2.24, 2.45) is 11.3 Å². The average Bonchev–Trinajstić information content (AvgIpc) is 1.85. The van der Waals surface area contributed by atoms with E-state index >= 15 is 0 Å². The van der Waals surface area contributed by atoms with E-state index in [-0.39, 0.29) is 5.41 Å². The lowest BCUT2D eigenvalue weighted by molar-refractivity contribution is -0.128. The molecule has 0 bridgehead atoms. The minimum absolute atomic E-state index is 0.0972. The van der Waals surface area contributed by atoms with Gasteiger partial charge in [-0.05, 0) is 19.3 Å². The Morgan fingerprint density at radius 2 is 1.90 bits per heavy atom. The van der Waals surface area contributed by atoms with Gasteiger partial charge in [0.15, 0.2) is 0 Å². The zero-order chi connectivity index (χ0) is 8.36. The summed E-state index contributed by atoms with van der Waals surface area (Å²) in [6.07, 6.45) is 0.944. The minimum atomic E-state index is -0.0972. The fourth-order valence-corrected chi connectivity index (χ4v) is 1.06. The molecule has 1 heteroatoms. The van der Waals surface area contributed by atoms with Gasteiger partial charge in [0.25, 0.3) is 0 Å². The average molecular weight is 142 g/mol. The third-order valence-corrected chi connectivity index (χ3v) is 2.81. The summed E-state index contributed by atoms with van der Waals surface area (Å²) in [4.78, 5) is 11.1. The van der Waals surface area contributed by atoms with Crippen LogP contribution in [0.5, 0.6) is 0 Å². The molecule has 1 nitrogen and oxygen atoms in total. The van der Waals surface area contributed by atoms with Crippen molar-refractivity contribution in [1.29, 1.82) is 0 Å². The van der Waals surface area contributed by atoms with E-state index in [1.54, 1.807) is 6.92 Å².